The van der Waals surface area contributed by atoms with E-state index < -0.39 is 22.0 Å². The highest BCUT2D eigenvalue weighted by atomic mass is 32.2. The maximum atomic E-state index is 12.6. The Kier molecular flexibility index (Phi) is 8.11. The molecule has 0 aliphatic heterocycles. The van der Waals surface area contributed by atoms with E-state index >= 15 is 0 Å². The summed E-state index contributed by atoms with van der Waals surface area (Å²) in [5.41, 5.74) is 2.71. The van der Waals surface area contributed by atoms with Gasteiger partial charge in [0.15, 0.2) is 0 Å². The van der Waals surface area contributed by atoms with Gasteiger partial charge < -0.3 is 14.8 Å². The normalized spacial score (nSPS) is 12.2. The first-order valence-corrected chi connectivity index (χ1v) is 11.7. The average molecular weight is 435 g/mol. The van der Waals surface area contributed by atoms with Crippen LogP contribution in [-0.2, 0) is 14.8 Å². The molecule has 0 aromatic heterocycles. The first kappa shape index (κ1) is 23.5. The molecule has 8 heteroatoms. The summed E-state index contributed by atoms with van der Waals surface area (Å²) in [7, 11) is -3.67. The summed E-state index contributed by atoms with van der Waals surface area (Å²) < 4.78 is 36.9. The van der Waals surface area contributed by atoms with Crippen molar-refractivity contribution in [3.63, 3.8) is 0 Å². The highest BCUT2D eigenvalue weighted by Gasteiger charge is 2.28. The van der Waals surface area contributed by atoms with Crippen LogP contribution in [0.15, 0.2) is 42.5 Å². The van der Waals surface area contributed by atoms with E-state index in [1.54, 1.807) is 31.2 Å². The fourth-order valence-electron chi connectivity index (χ4n) is 2.96. The number of hydrogen-bond acceptors (Lipinski definition) is 5. The Hall–Kier alpha value is -2.74. The van der Waals surface area contributed by atoms with E-state index in [0.717, 1.165) is 21.9 Å². The molecule has 2 aromatic carbocycles. The number of nitrogens with one attached hydrogen (secondary N) is 1. The summed E-state index contributed by atoms with van der Waals surface area (Å²) in [6.45, 7) is 8.51. The number of sulfonamides is 1. The molecule has 30 heavy (non-hydrogen) atoms. The molecule has 1 N–H and O–H groups in total. The number of aryl methyl sites for hydroxylation is 2. The van der Waals surface area contributed by atoms with E-state index in [9.17, 15) is 13.2 Å². The number of hydrogen-bond donors (Lipinski definition) is 1. The van der Waals surface area contributed by atoms with Crippen molar-refractivity contribution in [1.82, 2.24) is 5.32 Å². The highest BCUT2D eigenvalue weighted by Crippen LogP contribution is 2.24. The molecule has 0 spiro atoms. The van der Waals surface area contributed by atoms with Crippen molar-refractivity contribution in [2.24, 2.45) is 0 Å². The predicted octanol–water partition coefficient (Wildman–Crippen LogP) is 3.05. The summed E-state index contributed by atoms with van der Waals surface area (Å²) in [6, 6.07) is 11.5. The van der Waals surface area contributed by atoms with Crippen LogP contribution in [0, 0.1) is 13.8 Å². The largest absolute Gasteiger partial charge is 0.494 e. The zero-order valence-electron chi connectivity index (χ0n) is 18.1. The SMILES string of the molecule is CCOc1ccc(N([C@@H](C)C(=O)NCCOc2ccc(C)c(C)c2)S(C)(=O)=O)cc1. The van der Waals surface area contributed by atoms with Gasteiger partial charge >= 0.3 is 0 Å². The maximum absolute atomic E-state index is 12.6. The number of carbonyl (C=O) groups excluding carboxylic acids is 1. The summed E-state index contributed by atoms with van der Waals surface area (Å²) >= 11 is 0. The van der Waals surface area contributed by atoms with Crippen LogP contribution in [0.2, 0.25) is 0 Å². The van der Waals surface area contributed by atoms with Gasteiger partial charge in [-0.25, -0.2) is 8.42 Å². The molecule has 1 amide bonds. The molecule has 164 valence electrons. The fourth-order valence-corrected chi connectivity index (χ4v) is 4.13. The minimum absolute atomic E-state index is 0.261. The molecule has 0 heterocycles. The Morgan fingerprint density at radius 2 is 1.67 bits per heavy atom. The molecule has 1 atom stereocenters. The fraction of sp³-hybridized carbons (Fsp3) is 0.409. The lowest BCUT2D eigenvalue weighted by Gasteiger charge is -2.28. The minimum atomic E-state index is -3.67. The van der Waals surface area contributed by atoms with Crippen molar-refractivity contribution in [1.29, 1.82) is 0 Å². The number of benzene rings is 2. The van der Waals surface area contributed by atoms with Crippen LogP contribution in [-0.4, -0.2) is 46.4 Å². The van der Waals surface area contributed by atoms with Gasteiger partial charge in [-0.1, -0.05) is 6.07 Å². The van der Waals surface area contributed by atoms with Gasteiger partial charge in [0, 0.05) is 0 Å². The Labute approximate surface area is 179 Å². The van der Waals surface area contributed by atoms with Crippen molar-refractivity contribution >= 4 is 21.6 Å². The second-order valence-electron chi connectivity index (χ2n) is 7.05. The summed E-state index contributed by atoms with van der Waals surface area (Å²) in [6.07, 6.45) is 1.08. The molecule has 0 aliphatic rings. The molecule has 0 aliphatic carbocycles. The van der Waals surface area contributed by atoms with Gasteiger partial charge in [0.25, 0.3) is 0 Å². The van der Waals surface area contributed by atoms with Crippen molar-refractivity contribution in [2.75, 3.05) is 30.3 Å². The summed E-state index contributed by atoms with van der Waals surface area (Å²) in [5, 5.41) is 2.74. The highest BCUT2D eigenvalue weighted by molar-refractivity contribution is 7.92. The lowest BCUT2D eigenvalue weighted by molar-refractivity contribution is -0.121. The predicted molar refractivity (Wildman–Crippen MR) is 119 cm³/mol. The smallest absolute Gasteiger partial charge is 0.243 e. The molecule has 0 fully saturated rings. The molecule has 0 unspecified atom stereocenters. The van der Waals surface area contributed by atoms with E-state index in [1.807, 2.05) is 39.0 Å². The van der Waals surface area contributed by atoms with Crippen LogP contribution in [0.1, 0.15) is 25.0 Å². The monoisotopic (exact) mass is 434 g/mol. The Morgan fingerprint density at radius 1 is 1.03 bits per heavy atom. The Bertz CT molecular complexity index is 958. The second kappa shape index (κ2) is 10.3. The first-order chi connectivity index (χ1) is 14.1. The van der Waals surface area contributed by atoms with E-state index in [1.165, 1.54) is 5.56 Å². The third-order valence-corrected chi connectivity index (χ3v) is 5.88. The number of rotatable bonds is 10. The summed E-state index contributed by atoms with van der Waals surface area (Å²) in [4.78, 5) is 12.6. The first-order valence-electron chi connectivity index (χ1n) is 9.83. The quantitative estimate of drug-likeness (QED) is 0.581. The lowest BCUT2D eigenvalue weighted by Crippen LogP contribution is -2.48. The molecule has 0 bridgehead atoms. The standard InChI is InChI=1S/C22H30N2O5S/c1-6-28-20-11-8-19(9-12-20)24(30(5,26)27)18(4)22(25)23-13-14-29-21-10-7-16(2)17(3)15-21/h7-12,15,18H,6,13-14H2,1-5H3,(H,23,25)/t18-/m0/s1. The molecule has 2 aromatic rings. The number of nitrogens with zero attached hydrogens (tertiary/aromatic N) is 1. The number of anilines is 1. The third-order valence-electron chi connectivity index (χ3n) is 4.64. The molecule has 0 radical (unpaired) electrons. The van der Waals surface area contributed by atoms with Gasteiger partial charge in [0.2, 0.25) is 15.9 Å². The van der Waals surface area contributed by atoms with E-state index in [4.69, 9.17) is 9.47 Å². The zero-order valence-corrected chi connectivity index (χ0v) is 19.0. The van der Waals surface area contributed by atoms with Gasteiger partial charge in [0.05, 0.1) is 25.1 Å². The van der Waals surface area contributed by atoms with E-state index in [2.05, 4.69) is 5.32 Å². The van der Waals surface area contributed by atoms with Crippen molar-refractivity contribution < 1.29 is 22.7 Å². The van der Waals surface area contributed by atoms with Crippen LogP contribution < -0.4 is 19.1 Å². The van der Waals surface area contributed by atoms with Crippen LogP contribution in [0.3, 0.4) is 0 Å². The van der Waals surface area contributed by atoms with Crippen molar-refractivity contribution in [3.8, 4) is 11.5 Å². The topological polar surface area (TPSA) is 84.9 Å². The zero-order chi connectivity index (χ0) is 22.3. The van der Waals surface area contributed by atoms with Crippen LogP contribution in [0.25, 0.3) is 0 Å². The van der Waals surface area contributed by atoms with E-state index in [0.29, 0.717) is 18.0 Å². The van der Waals surface area contributed by atoms with Gasteiger partial charge in [-0.15, -0.1) is 0 Å². The lowest BCUT2D eigenvalue weighted by atomic mass is 10.1. The Balaban J connectivity index is 1.98. The van der Waals surface area contributed by atoms with E-state index in [-0.39, 0.29) is 13.2 Å². The molecular formula is C22H30N2O5S. The number of carbonyl (C=O) groups is 1. The number of ether oxygens (including phenoxy) is 2. The van der Waals surface area contributed by atoms with Crippen molar-refractivity contribution in [2.45, 2.75) is 33.7 Å². The van der Waals surface area contributed by atoms with Gasteiger partial charge in [-0.05, 0) is 75.2 Å². The van der Waals surface area contributed by atoms with Gasteiger partial charge in [-0.3, -0.25) is 9.10 Å². The van der Waals surface area contributed by atoms with Crippen molar-refractivity contribution in [3.05, 3.63) is 53.6 Å². The van der Waals surface area contributed by atoms with Gasteiger partial charge in [-0.2, -0.15) is 0 Å². The molecule has 2 rings (SSSR count). The average Bonchev–Trinajstić information content (AvgIpc) is 2.68. The van der Waals surface area contributed by atoms with Crippen LogP contribution in [0.4, 0.5) is 5.69 Å². The maximum Gasteiger partial charge on any atom is 0.243 e. The van der Waals surface area contributed by atoms with Crippen LogP contribution >= 0.6 is 0 Å². The number of amides is 1. The Morgan fingerprint density at radius 3 is 2.23 bits per heavy atom. The molecular weight excluding hydrogens is 404 g/mol. The minimum Gasteiger partial charge on any atom is -0.494 e. The third kappa shape index (κ3) is 6.38. The second-order valence-corrected chi connectivity index (χ2v) is 8.91. The molecule has 0 saturated carbocycles. The van der Waals surface area contributed by atoms with Crippen LogP contribution in [0.5, 0.6) is 11.5 Å². The van der Waals surface area contributed by atoms with Gasteiger partial charge in [0.1, 0.15) is 24.1 Å². The molecule has 0 saturated heterocycles. The molecule has 7 nitrogen and oxygen atoms in total. The summed E-state index contributed by atoms with van der Waals surface area (Å²) in [5.74, 6) is 0.959.